The van der Waals surface area contributed by atoms with E-state index in [2.05, 4.69) is 9.97 Å². The van der Waals surface area contributed by atoms with Crippen molar-refractivity contribution in [2.24, 2.45) is 0 Å². The zero-order valence-corrected chi connectivity index (χ0v) is 9.52. The van der Waals surface area contributed by atoms with Gasteiger partial charge in [0.15, 0.2) is 0 Å². The van der Waals surface area contributed by atoms with Gasteiger partial charge in [0, 0.05) is 11.3 Å². The molecule has 0 aliphatic rings. The fourth-order valence-corrected chi connectivity index (χ4v) is 1.85. The number of nitrogens with zero attached hydrogens (tertiary/aromatic N) is 1. The summed E-state index contributed by atoms with van der Waals surface area (Å²) in [5.74, 6) is 0. The van der Waals surface area contributed by atoms with Crippen LogP contribution in [0.25, 0.3) is 11.3 Å². The van der Waals surface area contributed by atoms with Gasteiger partial charge in [-0.3, -0.25) is 0 Å². The molecule has 0 atom stereocenters. The molecule has 2 aromatic rings. The fourth-order valence-electron chi connectivity index (χ4n) is 1.62. The number of rotatable bonds is 1. The maximum atomic E-state index is 12.8. The number of halogens is 4. The van der Waals surface area contributed by atoms with Crippen molar-refractivity contribution in [1.82, 2.24) is 9.97 Å². The Labute approximate surface area is 100 Å². The van der Waals surface area contributed by atoms with Crippen molar-refractivity contribution in [2.45, 2.75) is 13.1 Å². The summed E-state index contributed by atoms with van der Waals surface area (Å²) in [5.41, 5.74) is 0.0431. The number of aromatic nitrogens is 2. The zero-order chi connectivity index (χ0) is 12.6. The second-order valence-corrected chi connectivity index (χ2v) is 3.90. The van der Waals surface area contributed by atoms with Gasteiger partial charge in [-0.25, -0.2) is 4.98 Å². The molecule has 90 valence electrons. The number of aromatic amines is 1. The minimum absolute atomic E-state index is 0.0284. The summed E-state index contributed by atoms with van der Waals surface area (Å²) >= 11 is 5.63. The van der Waals surface area contributed by atoms with Crippen LogP contribution in [0, 0.1) is 6.92 Å². The summed E-state index contributed by atoms with van der Waals surface area (Å²) in [6.07, 6.45) is -4.41. The third kappa shape index (κ3) is 2.29. The van der Waals surface area contributed by atoms with Crippen LogP contribution < -0.4 is 0 Å². The Morgan fingerprint density at radius 1 is 1.24 bits per heavy atom. The smallest absolute Gasteiger partial charge is 0.332 e. The molecule has 0 spiro atoms. The summed E-state index contributed by atoms with van der Waals surface area (Å²) < 4.78 is 38.4. The SMILES string of the molecule is Cc1[nH]c(Cl)nc1-c1ccccc1C(F)(F)F. The van der Waals surface area contributed by atoms with Gasteiger partial charge in [-0.2, -0.15) is 13.2 Å². The Bertz CT molecular complexity index is 546. The van der Waals surface area contributed by atoms with Gasteiger partial charge in [0.25, 0.3) is 0 Å². The van der Waals surface area contributed by atoms with Crippen LogP contribution in [0.15, 0.2) is 24.3 Å². The molecule has 1 aromatic heterocycles. The summed E-state index contributed by atoms with van der Waals surface area (Å²) in [4.78, 5) is 6.54. The quantitative estimate of drug-likeness (QED) is 0.823. The summed E-state index contributed by atoms with van der Waals surface area (Å²) in [7, 11) is 0. The van der Waals surface area contributed by atoms with Crippen LogP contribution in [-0.2, 0) is 6.18 Å². The minimum Gasteiger partial charge on any atom is -0.332 e. The first-order valence-corrected chi connectivity index (χ1v) is 5.16. The summed E-state index contributed by atoms with van der Waals surface area (Å²) in [5, 5.41) is 0.0782. The van der Waals surface area contributed by atoms with E-state index in [0.717, 1.165) is 6.07 Å². The van der Waals surface area contributed by atoms with E-state index in [0.29, 0.717) is 5.69 Å². The molecule has 0 aliphatic heterocycles. The highest BCUT2D eigenvalue weighted by Gasteiger charge is 2.34. The van der Waals surface area contributed by atoms with Gasteiger partial charge in [-0.05, 0) is 24.6 Å². The lowest BCUT2D eigenvalue weighted by atomic mass is 10.0. The molecular weight excluding hydrogens is 253 g/mol. The largest absolute Gasteiger partial charge is 0.417 e. The average Bonchev–Trinajstić information content (AvgIpc) is 2.56. The lowest BCUT2D eigenvalue weighted by Crippen LogP contribution is -2.07. The highest BCUT2D eigenvalue weighted by Crippen LogP contribution is 2.37. The molecule has 0 unspecified atom stereocenters. The number of hydrogen-bond acceptors (Lipinski definition) is 1. The lowest BCUT2D eigenvalue weighted by Gasteiger charge is -2.11. The number of benzene rings is 1. The molecule has 1 N–H and O–H groups in total. The Hall–Kier alpha value is -1.49. The Balaban J connectivity index is 2.64. The third-order valence-electron chi connectivity index (χ3n) is 2.34. The van der Waals surface area contributed by atoms with Crippen LogP contribution in [0.1, 0.15) is 11.3 Å². The van der Waals surface area contributed by atoms with E-state index in [4.69, 9.17) is 11.6 Å². The predicted molar refractivity (Wildman–Crippen MR) is 58.8 cm³/mol. The number of alkyl halides is 3. The molecule has 0 saturated carbocycles. The molecule has 0 bridgehead atoms. The topological polar surface area (TPSA) is 28.7 Å². The van der Waals surface area contributed by atoms with Crippen LogP contribution in [0.3, 0.4) is 0 Å². The van der Waals surface area contributed by atoms with Crippen LogP contribution >= 0.6 is 11.6 Å². The summed E-state index contributed by atoms with van der Waals surface area (Å²) in [6.45, 7) is 1.63. The average molecular weight is 261 g/mol. The second-order valence-electron chi connectivity index (χ2n) is 3.54. The standard InChI is InChI=1S/C11H8ClF3N2/c1-6-9(17-10(12)16-6)7-4-2-3-5-8(7)11(13,14)15/h2-5H,1H3,(H,16,17). The van der Waals surface area contributed by atoms with Gasteiger partial charge < -0.3 is 4.98 Å². The van der Waals surface area contributed by atoms with Crippen molar-refractivity contribution in [3.63, 3.8) is 0 Å². The molecule has 0 fully saturated rings. The van der Waals surface area contributed by atoms with E-state index in [9.17, 15) is 13.2 Å². The number of aryl methyl sites for hydroxylation is 1. The molecular formula is C11H8ClF3N2. The van der Waals surface area contributed by atoms with Gasteiger partial charge in [0.05, 0.1) is 11.3 Å². The number of hydrogen-bond donors (Lipinski definition) is 1. The highest BCUT2D eigenvalue weighted by atomic mass is 35.5. The fraction of sp³-hybridized carbons (Fsp3) is 0.182. The second kappa shape index (κ2) is 4.07. The maximum absolute atomic E-state index is 12.8. The molecule has 0 aliphatic carbocycles. The molecule has 17 heavy (non-hydrogen) atoms. The molecule has 2 nitrogen and oxygen atoms in total. The van der Waals surface area contributed by atoms with E-state index >= 15 is 0 Å². The first-order valence-electron chi connectivity index (χ1n) is 4.78. The Morgan fingerprint density at radius 3 is 2.41 bits per heavy atom. The normalized spacial score (nSPS) is 11.8. The molecule has 2 rings (SSSR count). The van der Waals surface area contributed by atoms with E-state index < -0.39 is 11.7 Å². The monoisotopic (exact) mass is 260 g/mol. The van der Waals surface area contributed by atoms with Gasteiger partial charge in [0.2, 0.25) is 5.28 Å². The van der Waals surface area contributed by atoms with Crippen LogP contribution in [0.5, 0.6) is 0 Å². The Kier molecular flexibility index (Phi) is 2.87. The van der Waals surface area contributed by atoms with Crippen molar-refractivity contribution in [3.8, 4) is 11.3 Å². The van der Waals surface area contributed by atoms with Crippen molar-refractivity contribution in [3.05, 3.63) is 40.8 Å². The Morgan fingerprint density at radius 2 is 1.88 bits per heavy atom. The lowest BCUT2D eigenvalue weighted by molar-refractivity contribution is -0.137. The highest BCUT2D eigenvalue weighted by molar-refractivity contribution is 6.28. The van der Waals surface area contributed by atoms with E-state index in [1.165, 1.54) is 18.2 Å². The van der Waals surface area contributed by atoms with Crippen LogP contribution in [0.4, 0.5) is 13.2 Å². The third-order valence-corrected chi connectivity index (χ3v) is 2.52. The predicted octanol–water partition coefficient (Wildman–Crippen LogP) is 4.06. The van der Waals surface area contributed by atoms with Gasteiger partial charge in [0.1, 0.15) is 0 Å². The van der Waals surface area contributed by atoms with E-state index in [1.807, 2.05) is 0 Å². The summed E-state index contributed by atoms with van der Waals surface area (Å²) in [6, 6.07) is 5.28. The van der Waals surface area contributed by atoms with Gasteiger partial charge in [-0.1, -0.05) is 18.2 Å². The first-order chi connectivity index (χ1) is 7.89. The van der Waals surface area contributed by atoms with Crippen molar-refractivity contribution in [2.75, 3.05) is 0 Å². The number of imidazole rings is 1. The number of H-pyrrole nitrogens is 1. The van der Waals surface area contributed by atoms with Crippen LogP contribution in [0.2, 0.25) is 5.28 Å². The minimum atomic E-state index is -4.41. The van der Waals surface area contributed by atoms with Crippen molar-refractivity contribution >= 4 is 11.6 Å². The molecule has 6 heteroatoms. The van der Waals surface area contributed by atoms with Crippen molar-refractivity contribution in [1.29, 1.82) is 0 Å². The first kappa shape index (κ1) is 12.0. The van der Waals surface area contributed by atoms with Gasteiger partial charge >= 0.3 is 6.18 Å². The molecule has 1 heterocycles. The molecule has 0 saturated heterocycles. The van der Waals surface area contributed by atoms with Gasteiger partial charge in [-0.15, -0.1) is 0 Å². The zero-order valence-electron chi connectivity index (χ0n) is 8.77. The molecule has 0 radical (unpaired) electrons. The molecule has 1 aromatic carbocycles. The van der Waals surface area contributed by atoms with E-state index in [-0.39, 0.29) is 16.5 Å². The molecule has 0 amide bonds. The number of nitrogens with one attached hydrogen (secondary N) is 1. The maximum Gasteiger partial charge on any atom is 0.417 e. The van der Waals surface area contributed by atoms with E-state index in [1.54, 1.807) is 6.92 Å². The van der Waals surface area contributed by atoms with Crippen molar-refractivity contribution < 1.29 is 13.2 Å². The van der Waals surface area contributed by atoms with Crippen LogP contribution in [-0.4, -0.2) is 9.97 Å².